The maximum absolute atomic E-state index is 13.6. The first-order valence-corrected chi connectivity index (χ1v) is 12.5. The van der Waals surface area contributed by atoms with Crippen LogP contribution in [0.2, 0.25) is 0 Å². The van der Waals surface area contributed by atoms with Crippen LogP contribution in [0.25, 0.3) is 10.9 Å². The summed E-state index contributed by atoms with van der Waals surface area (Å²) in [7, 11) is 3.93. The molecule has 0 bridgehead atoms. The average Bonchev–Trinajstić information content (AvgIpc) is 3.19. The molecule has 9 nitrogen and oxygen atoms in total. The van der Waals surface area contributed by atoms with E-state index in [0.29, 0.717) is 43.2 Å². The highest BCUT2D eigenvalue weighted by atomic mass is 16.4. The van der Waals surface area contributed by atoms with Gasteiger partial charge in [0.2, 0.25) is 11.8 Å². The van der Waals surface area contributed by atoms with Crippen molar-refractivity contribution in [3.05, 3.63) is 35.5 Å². The zero-order chi connectivity index (χ0) is 26.6. The Kier molecular flexibility index (Phi) is 8.41. The van der Waals surface area contributed by atoms with Gasteiger partial charge in [-0.05, 0) is 63.0 Å². The highest BCUT2D eigenvalue weighted by molar-refractivity contribution is 6.01. The van der Waals surface area contributed by atoms with Crippen LogP contribution in [0.1, 0.15) is 61.9 Å². The number of primary amides is 1. The van der Waals surface area contributed by atoms with Crippen molar-refractivity contribution in [2.45, 2.75) is 64.0 Å². The van der Waals surface area contributed by atoms with E-state index in [4.69, 9.17) is 5.73 Å². The van der Waals surface area contributed by atoms with E-state index in [9.17, 15) is 24.8 Å². The van der Waals surface area contributed by atoms with Gasteiger partial charge in [-0.2, -0.15) is 5.26 Å². The summed E-state index contributed by atoms with van der Waals surface area (Å²) in [6.07, 6.45) is 4.68. The lowest BCUT2D eigenvalue weighted by Gasteiger charge is -2.41. The third-order valence-corrected chi connectivity index (χ3v) is 7.24. The molecule has 1 heterocycles. The molecule has 1 aromatic carbocycles. The lowest BCUT2D eigenvalue weighted by atomic mass is 9.61. The van der Waals surface area contributed by atoms with E-state index in [1.165, 1.54) is 0 Å². The summed E-state index contributed by atoms with van der Waals surface area (Å²) in [6, 6.07) is 6.37. The molecular formula is C27H37N5O4. The second kappa shape index (κ2) is 11.1. The molecule has 0 saturated heterocycles. The van der Waals surface area contributed by atoms with Gasteiger partial charge >= 0.3 is 5.97 Å². The van der Waals surface area contributed by atoms with Gasteiger partial charge in [0.05, 0.1) is 23.0 Å². The van der Waals surface area contributed by atoms with Gasteiger partial charge in [0.25, 0.3) is 0 Å². The van der Waals surface area contributed by atoms with Gasteiger partial charge in [-0.25, -0.2) is 4.79 Å². The molecule has 9 heteroatoms. The third-order valence-electron chi connectivity index (χ3n) is 7.24. The third kappa shape index (κ3) is 5.39. The van der Waals surface area contributed by atoms with Crippen molar-refractivity contribution < 1.29 is 19.5 Å². The van der Waals surface area contributed by atoms with Crippen LogP contribution >= 0.6 is 0 Å². The van der Waals surface area contributed by atoms with Crippen molar-refractivity contribution in [1.82, 2.24) is 14.8 Å². The maximum atomic E-state index is 13.6. The van der Waals surface area contributed by atoms with Gasteiger partial charge in [-0.3, -0.25) is 9.59 Å². The molecule has 4 N–H and O–H groups in total. The van der Waals surface area contributed by atoms with Gasteiger partial charge in [-0.1, -0.05) is 26.7 Å². The molecule has 194 valence electrons. The van der Waals surface area contributed by atoms with Crippen LogP contribution < -0.4 is 11.1 Å². The molecular weight excluding hydrogens is 458 g/mol. The van der Waals surface area contributed by atoms with Crippen molar-refractivity contribution >= 4 is 28.7 Å². The number of nitrogens with zero attached hydrogens (tertiary/aromatic N) is 3. The molecule has 3 atom stereocenters. The molecule has 1 aromatic heterocycles. The fraction of sp³-hybridized carbons (Fsp3) is 0.556. The Bertz CT molecular complexity index is 1180. The van der Waals surface area contributed by atoms with Gasteiger partial charge in [0, 0.05) is 30.2 Å². The number of carboxylic acid groups (broad SMARTS) is 1. The van der Waals surface area contributed by atoms with Gasteiger partial charge in [0.1, 0.15) is 6.04 Å². The molecule has 1 fully saturated rings. The SMILES string of the molecule is CC(C)C[C@@H](C#N)NC(=O)[C@@H]1CCCC[C@@]1(C(N)=O)c1cn(CCN(C)C)c2ccc(C(=O)O)cc12. The number of fused-ring (bicyclic) bond motifs is 1. The van der Waals surface area contributed by atoms with Crippen LogP contribution in [0.5, 0.6) is 0 Å². The van der Waals surface area contributed by atoms with Crippen molar-refractivity contribution in [3.63, 3.8) is 0 Å². The molecule has 3 rings (SSSR count). The van der Waals surface area contributed by atoms with E-state index in [0.717, 1.165) is 18.5 Å². The van der Waals surface area contributed by atoms with Crippen LogP contribution in [0.3, 0.4) is 0 Å². The number of nitrogens with two attached hydrogens (primary N) is 1. The zero-order valence-corrected chi connectivity index (χ0v) is 21.6. The quantitative estimate of drug-likeness (QED) is 0.463. The van der Waals surface area contributed by atoms with Crippen molar-refractivity contribution in [3.8, 4) is 6.07 Å². The van der Waals surface area contributed by atoms with E-state index in [2.05, 4.69) is 11.4 Å². The van der Waals surface area contributed by atoms with Crippen LogP contribution in [0, 0.1) is 23.2 Å². The summed E-state index contributed by atoms with van der Waals surface area (Å²) >= 11 is 0. The second-order valence-corrected chi connectivity index (χ2v) is 10.5. The Labute approximate surface area is 212 Å². The Balaban J connectivity index is 2.18. The molecule has 0 radical (unpaired) electrons. The fourth-order valence-electron chi connectivity index (χ4n) is 5.44. The van der Waals surface area contributed by atoms with Crippen molar-refractivity contribution in [1.29, 1.82) is 5.26 Å². The summed E-state index contributed by atoms with van der Waals surface area (Å²) in [5, 5.41) is 22.7. The normalized spacial score (nSPS) is 20.9. The Hall–Kier alpha value is -3.38. The molecule has 1 aliphatic carbocycles. The molecule has 0 spiro atoms. The summed E-state index contributed by atoms with van der Waals surface area (Å²) < 4.78 is 2.00. The molecule has 1 aliphatic rings. The maximum Gasteiger partial charge on any atom is 0.335 e. The second-order valence-electron chi connectivity index (χ2n) is 10.5. The summed E-state index contributed by atoms with van der Waals surface area (Å²) in [5.74, 6) is -2.57. The predicted octanol–water partition coefficient (Wildman–Crippen LogP) is 2.87. The molecule has 2 aromatic rings. The lowest BCUT2D eigenvalue weighted by molar-refractivity contribution is -0.137. The summed E-state index contributed by atoms with van der Waals surface area (Å²) in [4.78, 5) is 40.7. The number of likely N-dealkylation sites (N-methyl/N-ethyl adjacent to an activating group) is 1. The van der Waals surface area contributed by atoms with E-state index in [-0.39, 0.29) is 17.4 Å². The number of carbonyl (C=O) groups excluding carboxylic acids is 2. The standard InChI is InChI=1S/C27H37N5O4/c1-17(2)13-19(15-28)30-24(33)21-7-5-6-10-27(21,26(29)36)22-16-32(12-11-31(3)4)23-9-8-18(25(34)35)14-20(22)23/h8-9,14,16-17,19,21H,5-7,10-13H2,1-4H3,(H2,29,36)(H,30,33)(H,34,35)/t19-,21-,27-/m0/s1. The van der Waals surface area contributed by atoms with Gasteiger partial charge in [-0.15, -0.1) is 0 Å². The highest BCUT2D eigenvalue weighted by Crippen LogP contribution is 2.47. The van der Waals surface area contributed by atoms with E-state index < -0.39 is 29.3 Å². The average molecular weight is 496 g/mol. The van der Waals surface area contributed by atoms with Crippen molar-refractivity contribution in [2.24, 2.45) is 17.6 Å². The Morgan fingerprint density at radius 1 is 1.31 bits per heavy atom. The number of benzene rings is 1. The number of carbonyl (C=O) groups is 3. The van der Waals surface area contributed by atoms with Crippen molar-refractivity contribution in [2.75, 3.05) is 20.6 Å². The number of hydrogen-bond donors (Lipinski definition) is 3. The minimum atomic E-state index is -1.31. The first kappa shape index (κ1) is 27.2. The first-order chi connectivity index (χ1) is 17.0. The minimum Gasteiger partial charge on any atom is -0.478 e. The molecule has 36 heavy (non-hydrogen) atoms. The van der Waals surface area contributed by atoms with Gasteiger partial charge < -0.3 is 25.6 Å². The fourth-order valence-corrected chi connectivity index (χ4v) is 5.44. The summed E-state index contributed by atoms with van der Waals surface area (Å²) in [5.41, 5.74) is 6.28. The smallest absolute Gasteiger partial charge is 0.335 e. The minimum absolute atomic E-state index is 0.104. The van der Waals surface area contributed by atoms with E-state index in [1.807, 2.05) is 43.6 Å². The Morgan fingerprint density at radius 2 is 2.03 bits per heavy atom. The Morgan fingerprint density at radius 3 is 2.61 bits per heavy atom. The van der Waals surface area contributed by atoms with E-state index in [1.54, 1.807) is 18.2 Å². The molecule has 2 amide bonds. The number of hydrogen-bond acceptors (Lipinski definition) is 5. The number of carboxylic acids is 1. The molecule has 0 unspecified atom stereocenters. The lowest BCUT2D eigenvalue weighted by Crippen LogP contribution is -2.55. The molecule has 0 aliphatic heterocycles. The van der Waals surface area contributed by atoms with Gasteiger partial charge in [0.15, 0.2) is 0 Å². The van der Waals surface area contributed by atoms with Crippen LogP contribution in [-0.4, -0.2) is 59.0 Å². The number of aromatic nitrogens is 1. The monoisotopic (exact) mass is 495 g/mol. The van der Waals surface area contributed by atoms with Crippen LogP contribution in [0.4, 0.5) is 0 Å². The predicted molar refractivity (Wildman–Crippen MR) is 137 cm³/mol. The number of amides is 2. The number of nitriles is 1. The number of nitrogens with one attached hydrogen (secondary N) is 1. The number of aromatic carboxylic acids is 1. The molecule has 1 saturated carbocycles. The van der Waals surface area contributed by atoms with Crippen LogP contribution in [-0.2, 0) is 21.5 Å². The van der Waals surface area contributed by atoms with E-state index >= 15 is 0 Å². The highest BCUT2D eigenvalue weighted by Gasteiger charge is 2.52. The number of rotatable bonds is 10. The summed E-state index contributed by atoms with van der Waals surface area (Å²) in [6.45, 7) is 5.31. The van der Waals surface area contributed by atoms with Crippen LogP contribution in [0.15, 0.2) is 24.4 Å². The zero-order valence-electron chi connectivity index (χ0n) is 21.6. The first-order valence-electron chi connectivity index (χ1n) is 12.5. The largest absolute Gasteiger partial charge is 0.478 e. The topological polar surface area (TPSA) is 141 Å².